The third-order valence-electron chi connectivity index (χ3n) is 5.13. The lowest BCUT2D eigenvalue weighted by atomic mass is 9.84. The molecule has 2 aliphatic carbocycles. The monoisotopic (exact) mass is 270 g/mol. The molecule has 2 fully saturated rings. The van der Waals surface area contributed by atoms with Gasteiger partial charge in [-0.05, 0) is 25.7 Å². The molecule has 0 aliphatic heterocycles. The van der Waals surface area contributed by atoms with Crippen molar-refractivity contribution in [2.45, 2.75) is 75.4 Å². The summed E-state index contributed by atoms with van der Waals surface area (Å²) in [6.45, 7) is 1.46. The van der Waals surface area contributed by atoms with Crippen LogP contribution in [0, 0.1) is 0 Å². The molecule has 3 heteroatoms. The van der Waals surface area contributed by atoms with Gasteiger partial charge >= 0.3 is 0 Å². The van der Waals surface area contributed by atoms with E-state index in [-0.39, 0.29) is 11.2 Å². The summed E-state index contributed by atoms with van der Waals surface area (Å²) < 4.78 is 17.6. The van der Waals surface area contributed by atoms with E-state index in [4.69, 9.17) is 14.2 Å². The molecule has 0 aromatic carbocycles. The zero-order valence-corrected chi connectivity index (χ0v) is 12.7. The molecule has 19 heavy (non-hydrogen) atoms. The van der Waals surface area contributed by atoms with E-state index >= 15 is 0 Å². The molecular weight excluding hydrogens is 240 g/mol. The second kappa shape index (κ2) is 7.05. The van der Waals surface area contributed by atoms with Gasteiger partial charge in [-0.2, -0.15) is 0 Å². The van der Waals surface area contributed by atoms with E-state index in [0.29, 0.717) is 0 Å². The van der Waals surface area contributed by atoms with Crippen molar-refractivity contribution in [3.05, 3.63) is 0 Å². The largest absolute Gasteiger partial charge is 0.376 e. The lowest BCUT2D eigenvalue weighted by molar-refractivity contribution is -0.140. The molecule has 0 radical (unpaired) electrons. The van der Waals surface area contributed by atoms with Gasteiger partial charge in [0.1, 0.15) is 0 Å². The van der Waals surface area contributed by atoms with Crippen LogP contribution in [0.3, 0.4) is 0 Å². The van der Waals surface area contributed by atoms with Crippen molar-refractivity contribution < 1.29 is 14.2 Å². The zero-order valence-electron chi connectivity index (χ0n) is 12.7. The van der Waals surface area contributed by atoms with E-state index in [1.54, 1.807) is 0 Å². The molecule has 2 rings (SSSR count). The predicted molar refractivity (Wildman–Crippen MR) is 76.5 cm³/mol. The molecule has 0 aromatic heterocycles. The lowest BCUT2D eigenvalue weighted by Crippen LogP contribution is -2.43. The number of rotatable bonds is 6. The van der Waals surface area contributed by atoms with Crippen LogP contribution in [-0.2, 0) is 14.2 Å². The van der Waals surface area contributed by atoms with Gasteiger partial charge in [0.05, 0.1) is 24.4 Å². The Morgan fingerprint density at radius 3 is 1.32 bits per heavy atom. The molecule has 2 saturated carbocycles. The van der Waals surface area contributed by atoms with Gasteiger partial charge in [0.15, 0.2) is 0 Å². The van der Waals surface area contributed by atoms with E-state index < -0.39 is 0 Å². The molecule has 2 aliphatic rings. The molecule has 0 amide bonds. The maximum absolute atomic E-state index is 6.05. The van der Waals surface area contributed by atoms with E-state index in [2.05, 4.69) is 0 Å². The van der Waals surface area contributed by atoms with Gasteiger partial charge < -0.3 is 14.2 Å². The average Bonchev–Trinajstić information content (AvgIpc) is 2.49. The lowest BCUT2D eigenvalue weighted by Gasteiger charge is -2.39. The fourth-order valence-corrected chi connectivity index (χ4v) is 3.63. The topological polar surface area (TPSA) is 27.7 Å². The number of hydrogen-bond acceptors (Lipinski definition) is 3. The first-order valence-corrected chi connectivity index (χ1v) is 7.92. The summed E-state index contributed by atoms with van der Waals surface area (Å²) in [7, 11) is 3.67. The normalized spacial score (nSPS) is 26.2. The first-order chi connectivity index (χ1) is 9.24. The molecular formula is C16H30O3. The fraction of sp³-hybridized carbons (Fsp3) is 1.00. The molecule has 0 bridgehead atoms. The molecule has 112 valence electrons. The van der Waals surface area contributed by atoms with E-state index in [9.17, 15) is 0 Å². The van der Waals surface area contributed by atoms with Crippen LogP contribution in [0.2, 0.25) is 0 Å². The first-order valence-electron chi connectivity index (χ1n) is 7.92. The van der Waals surface area contributed by atoms with Crippen LogP contribution in [0.4, 0.5) is 0 Å². The van der Waals surface area contributed by atoms with Crippen LogP contribution in [0.25, 0.3) is 0 Å². The van der Waals surface area contributed by atoms with Gasteiger partial charge in [-0.3, -0.25) is 0 Å². The summed E-state index contributed by atoms with van der Waals surface area (Å²) in [6, 6.07) is 0. The van der Waals surface area contributed by atoms with Gasteiger partial charge in [0, 0.05) is 14.2 Å². The highest BCUT2D eigenvalue weighted by molar-refractivity contribution is 4.87. The van der Waals surface area contributed by atoms with Gasteiger partial charge in [0.2, 0.25) is 0 Å². The van der Waals surface area contributed by atoms with Crippen LogP contribution >= 0.6 is 0 Å². The zero-order chi connectivity index (χ0) is 13.6. The van der Waals surface area contributed by atoms with E-state index in [1.165, 1.54) is 38.5 Å². The molecule has 0 N–H and O–H groups in total. The second-order valence-electron chi connectivity index (χ2n) is 6.39. The minimum atomic E-state index is -0.0259. The summed E-state index contributed by atoms with van der Waals surface area (Å²) in [4.78, 5) is 0. The minimum Gasteiger partial charge on any atom is -0.376 e. The quantitative estimate of drug-likeness (QED) is 0.736. The van der Waals surface area contributed by atoms with Crippen molar-refractivity contribution in [2.75, 3.05) is 27.4 Å². The van der Waals surface area contributed by atoms with Gasteiger partial charge in [-0.15, -0.1) is 0 Å². The van der Waals surface area contributed by atoms with Crippen molar-refractivity contribution in [3.63, 3.8) is 0 Å². The highest BCUT2D eigenvalue weighted by Crippen LogP contribution is 2.34. The summed E-state index contributed by atoms with van der Waals surface area (Å²) in [5.74, 6) is 0. The van der Waals surface area contributed by atoms with Crippen molar-refractivity contribution in [3.8, 4) is 0 Å². The Hall–Kier alpha value is -0.120. The number of hydrogen-bond donors (Lipinski definition) is 0. The number of ether oxygens (including phenoxy) is 3. The molecule has 3 nitrogen and oxygen atoms in total. The van der Waals surface area contributed by atoms with Crippen LogP contribution in [-0.4, -0.2) is 38.6 Å². The van der Waals surface area contributed by atoms with Crippen molar-refractivity contribution >= 4 is 0 Å². The molecule has 0 spiro atoms. The van der Waals surface area contributed by atoms with Crippen molar-refractivity contribution in [1.82, 2.24) is 0 Å². The van der Waals surface area contributed by atoms with Crippen molar-refractivity contribution in [2.24, 2.45) is 0 Å². The highest BCUT2D eigenvalue weighted by Gasteiger charge is 2.36. The third-order valence-corrected chi connectivity index (χ3v) is 5.13. The first kappa shape index (κ1) is 15.3. The Kier molecular flexibility index (Phi) is 5.67. The van der Waals surface area contributed by atoms with Gasteiger partial charge in [0.25, 0.3) is 0 Å². The highest BCUT2D eigenvalue weighted by atomic mass is 16.6. The standard InChI is InChI=1S/C16H30O3/c1-17-15(9-5-3-6-10-15)13-19-14-16(18-2)11-7-4-8-12-16/h3-14H2,1-2H3. The van der Waals surface area contributed by atoms with E-state index in [1.807, 2.05) is 14.2 Å². The smallest absolute Gasteiger partial charge is 0.0911 e. The summed E-state index contributed by atoms with van der Waals surface area (Å²) in [5.41, 5.74) is -0.0519. The molecule has 0 unspecified atom stereocenters. The maximum atomic E-state index is 6.05. The summed E-state index contributed by atoms with van der Waals surface area (Å²) in [6.07, 6.45) is 12.3. The minimum absolute atomic E-state index is 0.0259. The SMILES string of the molecule is COC1(COCC2(OC)CCCCC2)CCCCC1. The summed E-state index contributed by atoms with van der Waals surface area (Å²) >= 11 is 0. The van der Waals surface area contributed by atoms with Gasteiger partial charge in [-0.1, -0.05) is 38.5 Å². The Morgan fingerprint density at radius 2 is 1.00 bits per heavy atom. The Balaban J connectivity index is 1.80. The Morgan fingerprint density at radius 1 is 0.632 bits per heavy atom. The third kappa shape index (κ3) is 3.93. The van der Waals surface area contributed by atoms with Crippen LogP contribution < -0.4 is 0 Å². The molecule has 0 aromatic rings. The van der Waals surface area contributed by atoms with Crippen molar-refractivity contribution in [1.29, 1.82) is 0 Å². The fourth-order valence-electron chi connectivity index (χ4n) is 3.63. The average molecular weight is 270 g/mol. The molecule has 0 heterocycles. The summed E-state index contributed by atoms with van der Waals surface area (Å²) in [5, 5.41) is 0. The van der Waals surface area contributed by atoms with Gasteiger partial charge in [-0.25, -0.2) is 0 Å². The Bertz CT molecular complexity index is 227. The Labute approximate surface area is 118 Å². The molecule has 0 atom stereocenters. The number of methoxy groups -OCH3 is 2. The van der Waals surface area contributed by atoms with Crippen LogP contribution in [0.1, 0.15) is 64.2 Å². The maximum Gasteiger partial charge on any atom is 0.0911 e. The molecule has 0 saturated heterocycles. The van der Waals surface area contributed by atoms with Crippen LogP contribution in [0.15, 0.2) is 0 Å². The van der Waals surface area contributed by atoms with Crippen LogP contribution in [0.5, 0.6) is 0 Å². The predicted octanol–water partition coefficient (Wildman–Crippen LogP) is 3.70. The van der Waals surface area contributed by atoms with E-state index in [0.717, 1.165) is 38.9 Å². The second-order valence-corrected chi connectivity index (χ2v) is 6.39.